The van der Waals surface area contributed by atoms with Gasteiger partial charge < -0.3 is 4.74 Å². The molecule has 0 aliphatic heterocycles. The summed E-state index contributed by atoms with van der Waals surface area (Å²) >= 11 is 3.48. The van der Waals surface area contributed by atoms with Crippen molar-refractivity contribution in [3.05, 3.63) is 66.0 Å². The van der Waals surface area contributed by atoms with E-state index in [0.29, 0.717) is 10.4 Å². The third-order valence-electron chi connectivity index (χ3n) is 2.34. The van der Waals surface area contributed by atoms with Gasteiger partial charge in [-0.1, -0.05) is 46.3 Å². The van der Waals surface area contributed by atoms with Crippen molar-refractivity contribution in [2.75, 3.05) is 7.11 Å². The van der Waals surface area contributed by atoms with Crippen LogP contribution < -0.4 is 0 Å². The standard InChI is InChI=1S/C8H9Br.C7H7NO2/c1-7(9)8-5-3-2-4-6-8;1-10-7(9)6-3-2-4-8-5-6/h2-7H,1H3;2-5H,1H3. The number of methoxy groups -OCH3 is 1. The molecule has 100 valence electrons. The summed E-state index contributed by atoms with van der Waals surface area (Å²) < 4.78 is 4.46. The van der Waals surface area contributed by atoms with E-state index in [9.17, 15) is 4.79 Å². The maximum Gasteiger partial charge on any atom is 0.339 e. The summed E-state index contributed by atoms with van der Waals surface area (Å²) in [4.78, 5) is 15.0. The minimum absolute atomic E-state index is 0.354. The van der Waals surface area contributed by atoms with Crippen molar-refractivity contribution >= 4 is 21.9 Å². The number of hydrogen-bond acceptors (Lipinski definition) is 3. The van der Waals surface area contributed by atoms with Crippen molar-refractivity contribution in [1.82, 2.24) is 4.98 Å². The number of rotatable bonds is 2. The normalized spacial score (nSPS) is 10.9. The Labute approximate surface area is 121 Å². The first-order valence-electron chi connectivity index (χ1n) is 5.82. The molecule has 1 unspecified atom stereocenters. The first kappa shape index (κ1) is 15.4. The largest absolute Gasteiger partial charge is 0.465 e. The predicted octanol–water partition coefficient (Wildman–Crippen LogP) is 4.01. The van der Waals surface area contributed by atoms with Crippen molar-refractivity contribution in [3.8, 4) is 0 Å². The highest BCUT2D eigenvalue weighted by atomic mass is 79.9. The van der Waals surface area contributed by atoms with Crippen LogP contribution in [0.3, 0.4) is 0 Å². The Morgan fingerprint density at radius 1 is 1.21 bits per heavy atom. The van der Waals surface area contributed by atoms with Crippen molar-refractivity contribution in [2.24, 2.45) is 0 Å². The Balaban J connectivity index is 0.000000191. The van der Waals surface area contributed by atoms with Crippen LogP contribution in [0, 0.1) is 0 Å². The molecule has 1 aromatic heterocycles. The monoisotopic (exact) mass is 321 g/mol. The number of pyridine rings is 1. The Kier molecular flexibility index (Phi) is 6.82. The summed E-state index contributed by atoms with van der Waals surface area (Å²) in [6.07, 6.45) is 3.07. The van der Waals surface area contributed by atoms with E-state index in [1.54, 1.807) is 18.3 Å². The van der Waals surface area contributed by atoms with Crippen LogP contribution in [0.15, 0.2) is 54.9 Å². The van der Waals surface area contributed by atoms with E-state index in [4.69, 9.17) is 0 Å². The Bertz CT molecular complexity index is 486. The van der Waals surface area contributed by atoms with E-state index in [1.807, 2.05) is 18.2 Å². The van der Waals surface area contributed by atoms with Crippen LogP contribution >= 0.6 is 15.9 Å². The third-order valence-corrected chi connectivity index (χ3v) is 2.87. The Morgan fingerprint density at radius 3 is 2.32 bits per heavy atom. The lowest BCUT2D eigenvalue weighted by atomic mass is 10.2. The summed E-state index contributed by atoms with van der Waals surface area (Å²) in [7, 11) is 1.34. The number of esters is 1. The van der Waals surface area contributed by atoms with E-state index in [0.717, 1.165) is 0 Å². The molecule has 1 heterocycles. The second kappa shape index (κ2) is 8.43. The number of benzene rings is 1. The van der Waals surface area contributed by atoms with Gasteiger partial charge in [-0.3, -0.25) is 4.98 Å². The summed E-state index contributed by atoms with van der Waals surface area (Å²) in [6, 6.07) is 13.7. The predicted molar refractivity (Wildman–Crippen MR) is 79.4 cm³/mol. The number of halogens is 1. The fraction of sp³-hybridized carbons (Fsp3) is 0.200. The maximum atomic E-state index is 10.8. The first-order valence-corrected chi connectivity index (χ1v) is 6.74. The van der Waals surface area contributed by atoms with Crippen molar-refractivity contribution in [2.45, 2.75) is 11.8 Å². The zero-order chi connectivity index (χ0) is 14.1. The molecular formula is C15H16BrNO2. The fourth-order valence-corrected chi connectivity index (χ4v) is 1.62. The van der Waals surface area contributed by atoms with Gasteiger partial charge in [0, 0.05) is 17.2 Å². The average Bonchev–Trinajstić information content (AvgIpc) is 2.49. The number of ether oxygens (including phenoxy) is 1. The highest BCUT2D eigenvalue weighted by Crippen LogP contribution is 2.19. The number of carbonyl (C=O) groups excluding carboxylic acids is 1. The van der Waals surface area contributed by atoms with Crippen LogP contribution in [0.4, 0.5) is 0 Å². The maximum absolute atomic E-state index is 10.8. The summed E-state index contributed by atoms with van der Waals surface area (Å²) in [5, 5.41) is 0. The second-order valence-corrected chi connectivity index (χ2v) is 5.13. The molecule has 19 heavy (non-hydrogen) atoms. The molecule has 0 fully saturated rings. The zero-order valence-corrected chi connectivity index (χ0v) is 12.5. The second-order valence-electron chi connectivity index (χ2n) is 3.76. The lowest BCUT2D eigenvalue weighted by Crippen LogP contribution is -2.00. The topological polar surface area (TPSA) is 39.2 Å². The van der Waals surface area contributed by atoms with Crippen LogP contribution in [0.25, 0.3) is 0 Å². The highest BCUT2D eigenvalue weighted by molar-refractivity contribution is 9.09. The van der Waals surface area contributed by atoms with Gasteiger partial charge in [0.1, 0.15) is 0 Å². The van der Waals surface area contributed by atoms with E-state index < -0.39 is 0 Å². The molecular weight excluding hydrogens is 306 g/mol. The van der Waals surface area contributed by atoms with Crippen molar-refractivity contribution < 1.29 is 9.53 Å². The van der Waals surface area contributed by atoms with Crippen molar-refractivity contribution in [1.29, 1.82) is 0 Å². The minimum Gasteiger partial charge on any atom is -0.465 e. The Morgan fingerprint density at radius 2 is 1.89 bits per heavy atom. The third kappa shape index (κ3) is 5.66. The molecule has 0 radical (unpaired) electrons. The number of aromatic nitrogens is 1. The number of carbonyl (C=O) groups is 1. The van der Waals surface area contributed by atoms with Gasteiger partial charge in [-0.25, -0.2) is 4.79 Å². The SMILES string of the molecule is CC(Br)c1ccccc1.COC(=O)c1cccnc1. The van der Waals surface area contributed by atoms with Crippen molar-refractivity contribution in [3.63, 3.8) is 0 Å². The number of alkyl halides is 1. The van der Waals surface area contributed by atoms with E-state index in [2.05, 4.69) is 44.7 Å². The fourth-order valence-electron chi connectivity index (χ4n) is 1.32. The average molecular weight is 322 g/mol. The lowest BCUT2D eigenvalue weighted by Gasteiger charge is -1.99. The van der Waals surface area contributed by atoms with E-state index in [-0.39, 0.29) is 5.97 Å². The molecule has 1 aromatic carbocycles. The highest BCUT2D eigenvalue weighted by Gasteiger charge is 2.01. The molecule has 0 saturated heterocycles. The number of nitrogens with zero attached hydrogens (tertiary/aromatic N) is 1. The molecule has 0 amide bonds. The van der Waals surface area contributed by atoms with Gasteiger partial charge in [0.05, 0.1) is 12.7 Å². The van der Waals surface area contributed by atoms with Gasteiger partial charge in [0.15, 0.2) is 0 Å². The molecule has 0 bridgehead atoms. The minimum atomic E-state index is -0.354. The van der Waals surface area contributed by atoms with Crippen LogP contribution in [-0.4, -0.2) is 18.1 Å². The number of hydrogen-bond donors (Lipinski definition) is 0. The molecule has 3 nitrogen and oxygen atoms in total. The molecule has 4 heteroatoms. The van der Waals surface area contributed by atoms with Crippen LogP contribution in [0.2, 0.25) is 0 Å². The smallest absolute Gasteiger partial charge is 0.339 e. The van der Waals surface area contributed by atoms with Gasteiger partial charge in [0.25, 0.3) is 0 Å². The first-order chi connectivity index (χ1) is 9.15. The Hall–Kier alpha value is -1.68. The molecule has 1 atom stereocenters. The van der Waals surface area contributed by atoms with Gasteiger partial charge in [0.2, 0.25) is 0 Å². The van der Waals surface area contributed by atoms with E-state index in [1.165, 1.54) is 18.9 Å². The zero-order valence-electron chi connectivity index (χ0n) is 10.9. The summed E-state index contributed by atoms with van der Waals surface area (Å²) in [5.74, 6) is -0.354. The van der Waals surface area contributed by atoms with Gasteiger partial charge in [-0.2, -0.15) is 0 Å². The quantitative estimate of drug-likeness (QED) is 0.619. The van der Waals surface area contributed by atoms with Crippen LogP contribution in [0.1, 0.15) is 27.7 Å². The molecule has 0 spiro atoms. The van der Waals surface area contributed by atoms with Gasteiger partial charge in [-0.05, 0) is 24.6 Å². The molecule has 0 N–H and O–H groups in total. The van der Waals surface area contributed by atoms with Crippen LogP contribution in [-0.2, 0) is 4.74 Å². The lowest BCUT2D eigenvalue weighted by molar-refractivity contribution is 0.0600. The summed E-state index contributed by atoms with van der Waals surface area (Å²) in [6.45, 7) is 2.12. The molecule has 0 aliphatic carbocycles. The molecule has 2 rings (SSSR count). The molecule has 0 saturated carbocycles. The summed E-state index contributed by atoms with van der Waals surface area (Å²) in [5.41, 5.74) is 1.81. The van der Waals surface area contributed by atoms with E-state index >= 15 is 0 Å². The van der Waals surface area contributed by atoms with Crippen LogP contribution in [0.5, 0.6) is 0 Å². The molecule has 0 aliphatic rings. The van der Waals surface area contributed by atoms with Gasteiger partial charge >= 0.3 is 5.97 Å². The molecule has 2 aromatic rings. The van der Waals surface area contributed by atoms with Gasteiger partial charge in [-0.15, -0.1) is 0 Å².